The Bertz CT molecular complexity index is 1770. The number of hydrogen-bond donors (Lipinski definition) is 2. The maximum atomic E-state index is 13.4. The topological polar surface area (TPSA) is 111 Å². The first-order valence-electron chi connectivity index (χ1n) is 14.2. The third-order valence-electron chi connectivity index (χ3n) is 7.78. The van der Waals surface area contributed by atoms with Gasteiger partial charge in [-0.15, -0.1) is 0 Å². The van der Waals surface area contributed by atoms with E-state index >= 15 is 0 Å². The van der Waals surface area contributed by atoms with Crippen molar-refractivity contribution >= 4 is 46.1 Å². The smallest absolute Gasteiger partial charge is 0.323 e. The molecular weight excluding hydrogens is 548 g/mol. The Labute approximate surface area is 248 Å². The normalized spacial score (nSPS) is 15.4. The number of allylic oxidation sites excluding steroid dienone is 1. The van der Waals surface area contributed by atoms with Gasteiger partial charge in [-0.25, -0.2) is 4.79 Å². The molecule has 10 heteroatoms. The molecule has 0 spiro atoms. The molecule has 0 atom stereocenters. The van der Waals surface area contributed by atoms with Crippen molar-refractivity contribution in [2.24, 2.45) is 0 Å². The van der Waals surface area contributed by atoms with Crippen LogP contribution < -0.4 is 20.1 Å². The first kappa shape index (κ1) is 28.0. The Kier molecular flexibility index (Phi) is 7.60. The number of methoxy groups -OCH3 is 1. The van der Waals surface area contributed by atoms with Crippen molar-refractivity contribution in [3.8, 4) is 11.5 Å². The summed E-state index contributed by atoms with van der Waals surface area (Å²) in [7, 11) is 1.63. The number of amides is 3. The molecule has 220 valence electrons. The summed E-state index contributed by atoms with van der Waals surface area (Å²) < 4.78 is 18.9. The Morgan fingerprint density at radius 1 is 0.977 bits per heavy atom. The number of ether oxygens (including phenoxy) is 3. The van der Waals surface area contributed by atoms with Crippen LogP contribution in [0.4, 0.5) is 16.2 Å². The van der Waals surface area contributed by atoms with E-state index in [-0.39, 0.29) is 17.4 Å². The molecule has 43 heavy (non-hydrogen) atoms. The van der Waals surface area contributed by atoms with Crippen LogP contribution in [0.3, 0.4) is 0 Å². The molecule has 0 saturated carbocycles. The van der Waals surface area contributed by atoms with Crippen LogP contribution in [0.25, 0.3) is 17.0 Å². The predicted molar refractivity (Wildman–Crippen MR) is 164 cm³/mol. The van der Waals surface area contributed by atoms with Crippen molar-refractivity contribution in [2.75, 3.05) is 44.0 Å². The summed E-state index contributed by atoms with van der Waals surface area (Å²) in [6, 6.07) is 17.1. The van der Waals surface area contributed by atoms with Crippen LogP contribution >= 0.6 is 0 Å². The average Bonchev–Trinajstić information content (AvgIpc) is 3.48. The van der Waals surface area contributed by atoms with Crippen molar-refractivity contribution in [3.05, 3.63) is 88.8 Å². The number of aryl methyl sites for hydroxylation is 1. The molecule has 0 unspecified atom stereocenters. The second-order valence-corrected chi connectivity index (χ2v) is 10.3. The zero-order valence-electron chi connectivity index (χ0n) is 24.2. The minimum absolute atomic E-state index is 0.0660. The lowest BCUT2D eigenvalue weighted by Crippen LogP contribution is -2.40. The number of morpholine rings is 1. The summed E-state index contributed by atoms with van der Waals surface area (Å²) in [5.41, 5.74) is 4.83. The Hall–Kier alpha value is -5.09. The van der Waals surface area contributed by atoms with Crippen LogP contribution in [0.1, 0.15) is 38.9 Å². The molecule has 1 fully saturated rings. The van der Waals surface area contributed by atoms with Crippen molar-refractivity contribution in [1.29, 1.82) is 0 Å². The summed E-state index contributed by atoms with van der Waals surface area (Å²) in [4.78, 5) is 40.5. The van der Waals surface area contributed by atoms with E-state index in [4.69, 9.17) is 14.2 Å². The maximum absolute atomic E-state index is 13.4. The SMILES string of the molecule is CCn1c(C)c(C=C2Oc3ccc(NC(=O)Nc4ccc(C(=O)N5CCOCC5)cc4)cc3C2=O)c2cc(OC)ccc21. The van der Waals surface area contributed by atoms with Gasteiger partial charge in [0, 0.05) is 58.7 Å². The van der Waals surface area contributed by atoms with Gasteiger partial charge in [-0.05, 0) is 80.6 Å². The van der Waals surface area contributed by atoms with Gasteiger partial charge >= 0.3 is 6.03 Å². The molecule has 2 aliphatic rings. The third kappa shape index (κ3) is 5.44. The number of nitrogens with one attached hydrogen (secondary N) is 2. The zero-order chi connectivity index (χ0) is 30.1. The molecule has 1 saturated heterocycles. The summed E-state index contributed by atoms with van der Waals surface area (Å²) >= 11 is 0. The zero-order valence-corrected chi connectivity index (χ0v) is 24.2. The van der Waals surface area contributed by atoms with E-state index in [1.807, 2.05) is 25.1 Å². The van der Waals surface area contributed by atoms with Crippen molar-refractivity contribution in [1.82, 2.24) is 9.47 Å². The van der Waals surface area contributed by atoms with E-state index in [2.05, 4.69) is 22.1 Å². The Balaban J connectivity index is 1.15. The molecule has 2 N–H and O–H groups in total. The minimum Gasteiger partial charge on any atom is -0.497 e. The highest BCUT2D eigenvalue weighted by atomic mass is 16.5. The first-order valence-corrected chi connectivity index (χ1v) is 14.2. The van der Waals surface area contributed by atoms with E-state index in [9.17, 15) is 14.4 Å². The summed E-state index contributed by atoms with van der Waals surface area (Å²) in [6.45, 7) is 7.06. The van der Waals surface area contributed by atoms with Crippen molar-refractivity contribution in [3.63, 3.8) is 0 Å². The number of carbonyl (C=O) groups excluding carboxylic acids is 3. The summed E-state index contributed by atoms with van der Waals surface area (Å²) in [5.74, 6) is 1.04. The van der Waals surface area contributed by atoms with Gasteiger partial charge in [0.25, 0.3) is 5.91 Å². The number of ketones is 1. The number of fused-ring (bicyclic) bond motifs is 2. The van der Waals surface area contributed by atoms with Gasteiger partial charge in [0.05, 0.1) is 25.9 Å². The molecule has 6 rings (SSSR count). The second kappa shape index (κ2) is 11.7. The number of nitrogens with zero attached hydrogens (tertiary/aromatic N) is 2. The van der Waals surface area contributed by atoms with Crippen LogP contribution in [0.2, 0.25) is 0 Å². The van der Waals surface area contributed by atoms with Gasteiger partial charge in [-0.2, -0.15) is 0 Å². The number of anilines is 2. The van der Waals surface area contributed by atoms with Gasteiger partial charge < -0.3 is 34.3 Å². The van der Waals surface area contributed by atoms with Gasteiger partial charge in [0.15, 0.2) is 5.76 Å². The number of hydrogen-bond acceptors (Lipinski definition) is 6. The lowest BCUT2D eigenvalue weighted by atomic mass is 10.1. The van der Waals surface area contributed by atoms with Gasteiger partial charge in [0.2, 0.25) is 5.78 Å². The highest BCUT2D eigenvalue weighted by Crippen LogP contribution is 2.36. The molecule has 0 aliphatic carbocycles. The van der Waals surface area contributed by atoms with Gasteiger partial charge in [-0.3, -0.25) is 9.59 Å². The van der Waals surface area contributed by atoms with E-state index in [0.717, 1.165) is 34.5 Å². The number of urea groups is 1. The fourth-order valence-corrected chi connectivity index (χ4v) is 5.54. The third-order valence-corrected chi connectivity index (χ3v) is 7.78. The number of carbonyl (C=O) groups is 3. The van der Waals surface area contributed by atoms with E-state index < -0.39 is 6.03 Å². The minimum atomic E-state index is -0.480. The van der Waals surface area contributed by atoms with Crippen LogP contribution in [0.5, 0.6) is 11.5 Å². The second-order valence-electron chi connectivity index (χ2n) is 10.3. The monoisotopic (exact) mass is 580 g/mol. The van der Waals surface area contributed by atoms with Gasteiger partial charge in [-0.1, -0.05) is 0 Å². The first-order chi connectivity index (χ1) is 20.9. The highest BCUT2D eigenvalue weighted by molar-refractivity contribution is 6.16. The lowest BCUT2D eigenvalue weighted by molar-refractivity contribution is 0.0303. The molecule has 0 radical (unpaired) electrons. The molecule has 10 nitrogen and oxygen atoms in total. The fraction of sp³-hybridized carbons (Fsp3) is 0.242. The van der Waals surface area contributed by atoms with E-state index in [1.165, 1.54) is 0 Å². The van der Waals surface area contributed by atoms with Crippen LogP contribution in [0.15, 0.2) is 66.4 Å². The molecule has 0 bridgehead atoms. The van der Waals surface area contributed by atoms with E-state index in [0.29, 0.717) is 54.6 Å². The molecule has 2 aliphatic heterocycles. The molecule has 3 heterocycles. The summed E-state index contributed by atoms with van der Waals surface area (Å²) in [6.07, 6.45) is 1.78. The van der Waals surface area contributed by atoms with Crippen LogP contribution in [0, 0.1) is 6.92 Å². The van der Waals surface area contributed by atoms with Gasteiger partial charge in [0.1, 0.15) is 11.5 Å². The largest absolute Gasteiger partial charge is 0.497 e. The molecule has 4 aromatic rings. The average molecular weight is 581 g/mol. The Morgan fingerprint density at radius 2 is 1.70 bits per heavy atom. The van der Waals surface area contributed by atoms with Crippen molar-refractivity contribution < 1.29 is 28.6 Å². The molecular formula is C33H32N4O6. The maximum Gasteiger partial charge on any atom is 0.323 e. The Morgan fingerprint density at radius 3 is 2.42 bits per heavy atom. The number of benzene rings is 3. The highest BCUT2D eigenvalue weighted by Gasteiger charge is 2.29. The lowest BCUT2D eigenvalue weighted by Gasteiger charge is -2.26. The molecule has 3 amide bonds. The van der Waals surface area contributed by atoms with E-state index in [1.54, 1.807) is 60.6 Å². The van der Waals surface area contributed by atoms with Crippen LogP contribution in [-0.4, -0.2) is 60.6 Å². The number of rotatable bonds is 6. The summed E-state index contributed by atoms with van der Waals surface area (Å²) in [5, 5.41) is 6.50. The van der Waals surface area contributed by atoms with Crippen molar-refractivity contribution in [2.45, 2.75) is 20.4 Å². The standard InChI is InChI=1S/C33H32N4O6/c1-4-37-20(2)25(26-18-24(41-3)10-11-28(26)37)19-30-31(38)27-17-23(9-12-29(27)43-30)35-33(40)34-22-7-5-21(6-8-22)32(39)36-13-15-42-16-14-36/h5-12,17-19H,4,13-16H2,1-3H3,(H2,34,35,40). The quantitative estimate of drug-likeness (QED) is 0.283. The number of Topliss-reactive ketones (excluding diaryl/α,β-unsaturated/α-hetero) is 1. The molecule has 3 aromatic carbocycles. The number of aromatic nitrogens is 1. The molecule has 1 aromatic heterocycles. The predicted octanol–water partition coefficient (Wildman–Crippen LogP) is 5.71. The fourth-order valence-electron chi connectivity index (χ4n) is 5.54. The van der Waals surface area contributed by atoms with Crippen LogP contribution in [-0.2, 0) is 11.3 Å².